The van der Waals surface area contributed by atoms with Gasteiger partial charge in [-0.2, -0.15) is 8.78 Å². The van der Waals surface area contributed by atoms with Gasteiger partial charge in [0.05, 0.1) is 23.5 Å². The predicted octanol–water partition coefficient (Wildman–Crippen LogP) is 3.78. The van der Waals surface area contributed by atoms with Gasteiger partial charge < -0.3 is 10.0 Å². The third-order valence-corrected chi connectivity index (χ3v) is 4.62. The Labute approximate surface area is 148 Å². The zero-order chi connectivity index (χ0) is 18.4. The van der Waals surface area contributed by atoms with Crippen LogP contribution in [0, 0.1) is 0 Å². The molecule has 0 saturated heterocycles. The fraction of sp³-hybridized carbons (Fsp3) is 0.250. The number of hydrogen-bond donors (Lipinski definition) is 1. The number of fused-ring (bicyclic) bond motifs is 1. The van der Waals surface area contributed by atoms with E-state index in [1.165, 1.54) is 18.3 Å². The van der Waals surface area contributed by atoms with Crippen LogP contribution in [0.5, 0.6) is 0 Å². The Balaban J connectivity index is 2.10. The summed E-state index contributed by atoms with van der Waals surface area (Å²) >= 11 is 3.22. The minimum absolute atomic E-state index is 0.218. The smallest absolute Gasteiger partial charge is 0.352 e. The van der Waals surface area contributed by atoms with E-state index < -0.39 is 35.5 Å². The first kappa shape index (κ1) is 17.8. The average molecular weight is 419 g/mol. The predicted molar refractivity (Wildman–Crippen MR) is 84.4 cm³/mol. The van der Waals surface area contributed by atoms with Gasteiger partial charge in [-0.15, -0.1) is 0 Å². The molecule has 0 unspecified atom stereocenters. The molecule has 0 radical (unpaired) electrons. The van der Waals surface area contributed by atoms with Gasteiger partial charge in [0.15, 0.2) is 0 Å². The molecule has 2 heterocycles. The Morgan fingerprint density at radius 1 is 1.24 bits per heavy atom. The van der Waals surface area contributed by atoms with Crippen LogP contribution >= 0.6 is 15.9 Å². The number of benzene rings is 1. The van der Waals surface area contributed by atoms with Crippen molar-refractivity contribution in [2.24, 2.45) is 0 Å². The molecule has 0 fully saturated rings. The fourth-order valence-electron chi connectivity index (χ4n) is 2.73. The van der Waals surface area contributed by atoms with E-state index in [1.807, 2.05) is 0 Å². The van der Waals surface area contributed by atoms with E-state index in [-0.39, 0.29) is 12.2 Å². The molecule has 1 amide bonds. The number of aliphatic hydroxyl groups excluding tert-OH is 1. The number of rotatable bonds is 4. The minimum atomic E-state index is -4.01. The van der Waals surface area contributed by atoms with Gasteiger partial charge in [-0.25, -0.2) is 8.78 Å². The quantitative estimate of drug-likeness (QED) is 0.768. The second-order valence-corrected chi connectivity index (χ2v) is 6.27. The van der Waals surface area contributed by atoms with Crippen molar-refractivity contribution < 1.29 is 27.5 Å². The van der Waals surface area contributed by atoms with E-state index in [2.05, 4.69) is 20.9 Å². The Bertz CT molecular complexity index is 832. The second-order valence-electron chi connectivity index (χ2n) is 5.42. The average Bonchev–Trinajstić information content (AvgIpc) is 2.77. The highest BCUT2D eigenvalue weighted by molar-refractivity contribution is 9.10. The highest BCUT2D eigenvalue weighted by atomic mass is 79.9. The van der Waals surface area contributed by atoms with E-state index >= 15 is 0 Å². The molecule has 2 aromatic rings. The van der Waals surface area contributed by atoms with Gasteiger partial charge in [0.2, 0.25) is 0 Å². The number of nitrogens with zero attached hydrogens (tertiary/aromatic N) is 2. The largest absolute Gasteiger partial charge is 0.382 e. The van der Waals surface area contributed by atoms with E-state index in [4.69, 9.17) is 0 Å². The number of aromatic nitrogens is 1. The molecular weight excluding hydrogens is 408 g/mol. The van der Waals surface area contributed by atoms with Crippen LogP contribution in [0.3, 0.4) is 0 Å². The van der Waals surface area contributed by atoms with Crippen molar-refractivity contribution in [1.82, 2.24) is 4.98 Å². The molecule has 4 nitrogen and oxygen atoms in total. The van der Waals surface area contributed by atoms with Crippen molar-refractivity contribution in [3.63, 3.8) is 0 Å². The number of amides is 1. The van der Waals surface area contributed by atoms with Gasteiger partial charge in [-0.05, 0) is 39.7 Å². The van der Waals surface area contributed by atoms with Crippen LogP contribution in [0.15, 0.2) is 41.0 Å². The van der Waals surface area contributed by atoms with Crippen LogP contribution < -0.4 is 4.90 Å². The number of pyridine rings is 1. The molecule has 0 spiro atoms. The molecule has 1 aromatic heterocycles. The number of hydrogen-bond acceptors (Lipinski definition) is 3. The van der Waals surface area contributed by atoms with Crippen LogP contribution in [0.1, 0.15) is 22.9 Å². The van der Waals surface area contributed by atoms with Crippen LogP contribution in [-0.2, 0) is 17.3 Å². The summed E-state index contributed by atoms with van der Waals surface area (Å²) in [5, 5.41) is 9.57. The summed E-state index contributed by atoms with van der Waals surface area (Å²) in [6.45, 7) is -0.267. The lowest BCUT2D eigenvalue weighted by atomic mass is 9.98. The Morgan fingerprint density at radius 3 is 2.60 bits per heavy atom. The van der Waals surface area contributed by atoms with Gasteiger partial charge >= 0.3 is 11.8 Å². The molecule has 0 bridgehead atoms. The third-order valence-electron chi connectivity index (χ3n) is 3.89. The summed E-state index contributed by atoms with van der Waals surface area (Å²) in [6, 6.07) is 6.70. The maximum atomic E-state index is 14.5. The van der Waals surface area contributed by atoms with Gasteiger partial charge in [-0.1, -0.05) is 12.1 Å². The number of carbonyl (C=O) groups excluding carboxylic acids is 1. The summed E-state index contributed by atoms with van der Waals surface area (Å²) in [5.41, 5.74) is -1.43. The van der Waals surface area contributed by atoms with Crippen molar-refractivity contribution >= 4 is 27.5 Å². The molecule has 132 valence electrons. The second kappa shape index (κ2) is 6.38. The monoisotopic (exact) mass is 418 g/mol. The summed E-state index contributed by atoms with van der Waals surface area (Å²) in [6.07, 6.45) is -4.22. The normalized spacial score (nSPS) is 17.1. The van der Waals surface area contributed by atoms with Crippen LogP contribution in [0.2, 0.25) is 0 Å². The zero-order valence-corrected chi connectivity index (χ0v) is 14.1. The van der Waals surface area contributed by atoms with E-state index in [0.29, 0.717) is 10.2 Å². The highest BCUT2D eigenvalue weighted by Gasteiger charge is 2.55. The van der Waals surface area contributed by atoms with Gasteiger partial charge in [0, 0.05) is 10.7 Å². The van der Waals surface area contributed by atoms with Crippen molar-refractivity contribution in [3.05, 3.63) is 57.8 Å². The number of aliphatic hydroxyl groups is 1. The molecule has 0 saturated carbocycles. The lowest BCUT2D eigenvalue weighted by Crippen LogP contribution is -2.34. The number of alkyl halides is 4. The summed E-state index contributed by atoms with van der Waals surface area (Å²) in [5.74, 6) is -5.56. The van der Waals surface area contributed by atoms with Crippen molar-refractivity contribution in [2.45, 2.75) is 25.0 Å². The van der Waals surface area contributed by atoms with Gasteiger partial charge in [0.25, 0.3) is 6.43 Å². The number of carbonyl (C=O) groups is 1. The van der Waals surface area contributed by atoms with E-state index in [9.17, 15) is 27.5 Å². The van der Waals surface area contributed by atoms with Crippen molar-refractivity contribution in [1.29, 1.82) is 0 Å². The Morgan fingerprint density at radius 2 is 1.96 bits per heavy atom. The van der Waals surface area contributed by atoms with Crippen LogP contribution in [-0.4, -0.2) is 22.4 Å². The molecule has 1 N–H and O–H groups in total. The number of anilines is 1. The molecule has 0 aliphatic carbocycles. The lowest BCUT2D eigenvalue weighted by molar-refractivity contribution is -0.142. The lowest BCUT2D eigenvalue weighted by Gasteiger charge is -2.18. The first-order valence-corrected chi connectivity index (χ1v) is 7.93. The Kier molecular flexibility index (Phi) is 4.54. The van der Waals surface area contributed by atoms with E-state index in [1.54, 1.807) is 12.1 Å². The van der Waals surface area contributed by atoms with Crippen LogP contribution in [0.4, 0.5) is 23.2 Å². The standard InChI is InChI=1S/C16H11BrF4N2O2/c17-9-4-2-6-22-10(9)7-23-11-5-1-3-8(13(24)14(18)19)12(11)16(20,21)15(23)25/h1-6,13-14,24H,7H2/t13-/m1/s1. The SMILES string of the molecule is O=C1N(Cc2ncccc2Br)c2cccc([C@@H](O)C(F)F)c2C1(F)F. The molecule has 3 rings (SSSR count). The molecule has 1 aromatic carbocycles. The van der Waals surface area contributed by atoms with E-state index in [0.717, 1.165) is 11.0 Å². The van der Waals surface area contributed by atoms with Gasteiger partial charge in [0.1, 0.15) is 6.10 Å². The molecule has 25 heavy (non-hydrogen) atoms. The Hall–Kier alpha value is -2.00. The third kappa shape index (κ3) is 2.91. The minimum Gasteiger partial charge on any atom is -0.382 e. The summed E-state index contributed by atoms with van der Waals surface area (Å²) < 4.78 is 55.1. The maximum Gasteiger partial charge on any atom is 0.352 e. The first-order chi connectivity index (χ1) is 11.7. The summed E-state index contributed by atoms with van der Waals surface area (Å²) in [7, 11) is 0. The molecule has 1 aliphatic rings. The number of halogens is 5. The molecule has 1 aliphatic heterocycles. The summed E-state index contributed by atoms with van der Waals surface area (Å²) in [4.78, 5) is 17.0. The van der Waals surface area contributed by atoms with Crippen molar-refractivity contribution in [3.8, 4) is 0 Å². The maximum absolute atomic E-state index is 14.5. The zero-order valence-electron chi connectivity index (χ0n) is 12.5. The first-order valence-electron chi connectivity index (χ1n) is 7.14. The topological polar surface area (TPSA) is 53.4 Å². The molecule has 1 atom stereocenters. The fourth-order valence-corrected chi connectivity index (χ4v) is 3.11. The van der Waals surface area contributed by atoms with Crippen molar-refractivity contribution in [2.75, 3.05) is 4.90 Å². The highest BCUT2D eigenvalue weighted by Crippen LogP contribution is 2.48. The van der Waals surface area contributed by atoms with Gasteiger partial charge in [-0.3, -0.25) is 9.78 Å². The van der Waals surface area contributed by atoms with Crippen LogP contribution in [0.25, 0.3) is 0 Å². The molecule has 9 heteroatoms. The molecular formula is C16H11BrF4N2O2.